The molecule has 2 aliphatic rings. The first-order chi connectivity index (χ1) is 12.5. The Hall–Kier alpha value is -3.07. The molecule has 4 rings (SSSR count). The molecule has 0 saturated heterocycles. The maximum absolute atomic E-state index is 12.6. The van der Waals surface area contributed by atoms with Crippen molar-refractivity contribution in [2.45, 2.75) is 25.2 Å². The number of Topliss-reactive ketones (excluding diaryl/α,β-unsaturated/α-hetero) is 1. The summed E-state index contributed by atoms with van der Waals surface area (Å²) >= 11 is 5.05. The minimum absolute atomic E-state index is 0.0189. The lowest BCUT2D eigenvalue weighted by molar-refractivity contribution is -0.384. The van der Waals surface area contributed by atoms with Gasteiger partial charge in [0.1, 0.15) is 5.82 Å². The highest BCUT2D eigenvalue weighted by Crippen LogP contribution is 2.43. The maximum atomic E-state index is 12.6. The van der Waals surface area contributed by atoms with Crippen LogP contribution in [0.1, 0.15) is 36.3 Å². The van der Waals surface area contributed by atoms with Crippen LogP contribution in [0.3, 0.4) is 0 Å². The van der Waals surface area contributed by atoms with Gasteiger partial charge in [-0.1, -0.05) is 12.1 Å². The number of H-pyrrole nitrogens is 2. The average molecular weight is 370 g/mol. The van der Waals surface area contributed by atoms with E-state index in [9.17, 15) is 19.7 Å². The topological polar surface area (TPSA) is 121 Å². The molecule has 1 aliphatic heterocycles. The standard InChI is InChI=1S/C17H14N4O4S/c22-11-3-1-2-10-13(11)12(8-4-6-9(7-5-8)21(24)25)14-15(18-10)19-17(26)20-16(14)23/h4-7,12H,1-3H2,(H3,18,19,20,23,26)/t12-/m0/s1. The van der Waals surface area contributed by atoms with Gasteiger partial charge in [0.2, 0.25) is 0 Å². The number of hydrogen-bond acceptors (Lipinski definition) is 6. The van der Waals surface area contributed by atoms with E-state index in [-0.39, 0.29) is 21.8 Å². The third-order valence-corrected chi connectivity index (χ3v) is 4.93. The molecule has 2 heterocycles. The second kappa shape index (κ2) is 6.03. The van der Waals surface area contributed by atoms with Gasteiger partial charge in [-0.25, -0.2) is 0 Å². The number of non-ortho nitro benzene ring substituents is 1. The lowest BCUT2D eigenvalue weighted by atomic mass is 9.76. The normalized spacial score (nSPS) is 18.8. The molecule has 0 spiro atoms. The highest BCUT2D eigenvalue weighted by Gasteiger charge is 2.37. The molecule has 132 valence electrons. The number of rotatable bonds is 2. The molecule has 8 nitrogen and oxygen atoms in total. The highest BCUT2D eigenvalue weighted by atomic mass is 32.1. The molecule has 2 aromatic rings. The molecule has 0 bridgehead atoms. The van der Waals surface area contributed by atoms with Gasteiger partial charge < -0.3 is 10.3 Å². The van der Waals surface area contributed by atoms with Crippen LogP contribution >= 0.6 is 12.2 Å². The van der Waals surface area contributed by atoms with Gasteiger partial charge in [0.15, 0.2) is 10.6 Å². The number of benzene rings is 1. The number of ketones is 1. The summed E-state index contributed by atoms with van der Waals surface area (Å²) in [7, 11) is 0. The summed E-state index contributed by atoms with van der Waals surface area (Å²) in [6.45, 7) is 0. The first kappa shape index (κ1) is 16.4. The van der Waals surface area contributed by atoms with Crippen LogP contribution in [0.2, 0.25) is 0 Å². The van der Waals surface area contributed by atoms with Crippen molar-refractivity contribution in [3.63, 3.8) is 0 Å². The molecule has 0 amide bonds. The minimum atomic E-state index is -0.592. The number of aromatic nitrogens is 2. The summed E-state index contributed by atoms with van der Waals surface area (Å²) in [5, 5.41) is 14.1. The highest BCUT2D eigenvalue weighted by molar-refractivity contribution is 7.71. The predicted molar refractivity (Wildman–Crippen MR) is 96.7 cm³/mol. The van der Waals surface area contributed by atoms with Crippen molar-refractivity contribution in [1.29, 1.82) is 0 Å². The van der Waals surface area contributed by atoms with E-state index in [4.69, 9.17) is 12.2 Å². The molecule has 0 fully saturated rings. The van der Waals surface area contributed by atoms with Crippen LogP contribution in [0, 0.1) is 14.9 Å². The number of fused-ring (bicyclic) bond motifs is 1. The Bertz CT molecular complexity index is 1080. The predicted octanol–water partition coefficient (Wildman–Crippen LogP) is 2.91. The summed E-state index contributed by atoms with van der Waals surface area (Å²) in [6.07, 6.45) is 1.84. The average Bonchev–Trinajstić information content (AvgIpc) is 2.60. The van der Waals surface area contributed by atoms with Crippen molar-refractivity contribution in [1.82, 2.24) is 9.97 Å². The van der Waals surface area contributed by atoms with E-state index in [0.29, 0.717) is 35.4 Å². The van der Waals surface area contributed by atoms with E-state index in [1.165, 1.54) is 12.1 Å². The summed E-state index contributed by atoms with van der Waals surface area (Å²) < 4.78 is 0.190. The number of carbonyl (C=O) groups excluding carboxylic acids is 1. The molecule has 3 N–H and O–H groups in total. The first-order valence-corrected chi connectivity index (χ1v) is 8.50. The van der Waals surface area contributed by atoms with Crippen LogP contribution in [-0.2, 0) is 4.79 Å². The fourth-order valence-electron chi connectivity index (χ4n) is 3.62. The van der Waals surface area contributed by atoms with Gasteiger partial charge in [0, 0.05) is 35.7 Å². The number of nitrogens with one attached hydrogen (secondary N) is 3. The fourth-order valence-corrected chi connectivity index (χ4v) is 3.81. The van der Waals surface area contributed by atoms with Gasteiger partial charge in [0.05, 0.1) is 10.5 Å². The SMILES string of the molecule is O=C1CCCC2=C1[C@H](c1ccc([N+](=O)[O-])cc1)c1c([nH]c(=S)[nH]c1=O)N2. The second-order valence-corrected chi connectivity index (χ2v) is 6.68. The molecule has 0 saturated carbocycles. The van der Waals surface area contributed by atoms with Crippen molar-refractivity contribution in [2.24, 2.45) is 0 Å². The Labute approximate surface area is 152 Å². The Kier molecular flexibility index (Phi) is 3.80. The monoisotopic (exact) mass is 370 g/mol. The summed E-state index contributed by atoms with van der Waals surface area (Å²) in [6, 6.07) is 5.94. The number of hydrogen-bond donors (Lipinski definition) is 3. The van der Waals surface area contributed by atoms with Gasteiger partial charge in [-0.15, -0.1) is 0 Å². The van der Waals surface area contributed by atoms with Crippen LogP contribution in [0.5, 0.6) is 0 Å². The lowest BCUT2D eigenvalue weighted by Gasteiger charge is -2.32. The van der Waals surface area contributed by atoms with Crippen molar-refractivity contribution in [3.8, 4) is 0 Å². The molecule has 9 heteroatoms. The third kappa shape index (κ3) is 2.57. The minimum Gasteiger partial charge on any atom is -0.344 e. The van der Waals surface area contributed by atoms with Crippen LogP contribution in [0.15, 0.2) is 40.3 Å². The van der Waals surface area contributed by atoms with Crippen molar-refractivity contribution in [2.75, 3.05) is 5.32 Å². The summed E-state index contributed by atoms with van der Waals surface area (Å²) in [5.41, 5.74) is 1.90. The number of anilines is 1. The van der Waals surface area contributed by atoms with Gasteiger partial charge >= 0.3 is 0 Å². The molecule has 1 aromatic carbocycles. The van der Waals surface area contributed by atoms with E-state index in [1.807, 2.05) is 0 Å². The molecule has 1 aromatic heterocycles. The van der Waals surface area contributed by atoms with Crippen LogP contribution in [0.4, 0.5) is 11.5 Å². The number of carbonyl (C=O) groups is 1. The van der Waals surface area contributed by atoms with E-state index in [0.717, 1.165) is 12.1 Å². The molecule has 0 unspecified atom stereocenters. The quantitative estimate of drug-likeness (QED) is 0.425. The number of nitro groups is 1. The summed E-state index contributed by atoms with van der Waals surface area (Å²) in [5.74, 6) is -0.143. The van der Waals surface area contributed by atoms with E-state index in [1.54, 1.807) is 12.1 Å². The molecule has 1 atom stereocenters. The zero-order valence-electron chi connectivity index (χ0n) is 13.5. The van der Waals surface area contributed by atoms with Gasteiger partial charge in [-0.3, -0.25) is 24.7 Å². The summed E-state index contributed by atoms with van der Waals surface area (Å²) in [4.78, 5) is 41.2. The third-order valence-electron chi connectivity index (χ3n) is 4.73. The van der Waals surface area contributed by atoms with E-state index < -0.39 is 10.8 Å². The Morgan fingerprint density at radius 2 is 1.85 bits per heavy atom. The van der Waals surface area contributed by atoms with Crippen LogP contribution in [-0.4, -0.2) is 20.7 Å². The van der Waals surface area contributed by atoms with E-state index >= 15 is 0 Å². The van der Waals surface area contributed by atoms with Gasteiger partial charge in [0.25, 0.3) is 11.2 Å². The molecular formula is C17H14N4O4S. The van der Waals surface area contributed by atoms with Crippen molar-refractivity contribution in [3.05, 3.63) is 71.9 Å². The van der Waals surface area contributed by atoms with Crippen LogP contribution in [0.25, 0.3) is 0 Å². The second-order valence-electron chi connectivity index (χ2n) is 6.27. The molecule has 0 radical (unpaired) electrons. The Morgan fingerprint density at radius 3 is 2.54 bits per heavy atom. The van der Waals surface area contributed by atoms with Gasteiger partial charge in [-0.2, -0.15) is 0 Å². The molecular weight excluding hydrogens is 356 g/mol. The fraction of sp³-hybridized carbons (Fsp3) is 0.235. The molecule has 1 aliphatic carbocycles. The van der Waals surface area contributed by atoms with Crippen LogP contribution < -0.4 is 10.9 Å². The first-order valence-electron chi connectivity index (χ1n) is 8.10. The zero-order valence-corrected chi connectivity index (χ0v) is 14.3. The Morgan fingerprint density at radius 1 is 1.12 bits per heavy atom. The number of nitro benzene ring substituents is 1. The van der Waals surface area contributed by atoms with Crippen molar-refractivity contribution >= 4 is 29.5 Å². The number of allylic oxidation sites excluding steroid dienone is 2. The molecule has 26 heavy (non-hydrogen) atoms. The Balaban J connectivity index is 1.96. The van der Waals surface area contributed by atoms with Gasteiger partial charge in [-0.05, 0) is 30.6 Å². The zero-order chi connectivity index (χ0) is 18.4. The smallest absolute Gasteiger partial charge is 0.269 e. The van der Waals surface area contributed by atoms with E-state index in [2.05, 4.69) is 15.3 Å². The number of aromatic amines is 2. The number of nitrogens with zero attached hydrogens (tertiary/aromatic N) is 1. The lowest BCUT2D eigenvalue weighted by Crippen LogP contribution is -2.32. The largest absolute Gasteiger partial charge is 0.344 e. The van der Waals surface area contributed by atoms with Crippen molar-refractivity contribution < 1.29 is 9.72 Å². The maximum Gasteiger partial charge on any atom is 0.269 e.